The zero-order valence-corrected chi connectivity index (χ0v) is 13.4. The quantitative estimate of drug-likeness (QED) is 0.875. The van der Waals surface area contributed by atoms with Gasteiger partial charge in [-0.2, -0.15) is 0 Å². The minimum absolute atomic E-state index is 0.0280. The van der Waals surface area contributed by atoms with Crippen LogP contribution in [0.4, 0.5) is 0 Å². The van der Waals surface area contributed by atoms with Crippen LogP contribution < -0.4 is 10.1 Å². The van der Waals surface area contributed by atoms with Gasteiger partial charge in [0.05, 0.1) is 18.8 Å². The largest absolute Gasteiger partial charge is 0.496 e. The number of hydrogen-bond acceptors (Lipinski definition) is 3. The maximum absolute atomic E-state index is 6.18. The average molecular weight is 305 g/mol. The predicted molar refractivity (Wildman–Crippen MR) is 87.1 cm³/mol. The Bertz CT molecular complexity index is 601. The van der Waals surface area contributed by atoms with Crippen molar-refractivity contribution >= 4 is 11.6 Å². The summed E-state index contributed by atoms with van der Waals surface area (Å²) < 4.78 is 5.50. The van der Waals surface area contributed by atoms with Gasteiger partial charge in [-0.3, -0.25) is 4.98 Å². The summed E-state index contributed by atoms with van der Waals surface area (Å²) >= 11 is 6.18. The summed E-state index contributed by atoms with van der Waals surface area (Å²) in [4.78, 5) is 4.59. The highest BCUT2D eigenvalue weighted by atomic mass is 35.5. The summed E-state index contributed by atoms with van der Waals surface area (Å²) in [6, 6.07) is 9.74. The molecule has 21 heavy (non-hydrogen) atoms. The Morgan fingerprint density at radius 3 is 2.76 bits per heavy atom. The van der Waals surface area contributed by atoms with Crippen LogP contribution in [0.3, 0.4) is 0 Å². The molecule has 3 nitrogen and oxygen atoms in total. The molecule has 0 aliphatic carbocycles. The number of benzene rings is 1. The third kappa shape index (κ3) is 3.55. The Kier molecular flexibility index (Phi) is 5.59. The molecule has 0 saturated heterocycles. The summed E-state index contributed by atoms with van der Waals surface area (Å²) in [5.74, 6) is 0.818. The Balaban J connectivity index is 2.55. The van der Waals surface area contributed by atoms with Crippen LogP contribution in [0, 0.1) is 0 Å². The molecule has 1 heterocycles. The van der Waals surface area contributed by atoms with Crippen LogP contribution in [0.5, 0.6) is 5.75 Å². The molecule has 4 heteroatoms. The van der Waals surface area contributed by atoms with Crippen molar-refractivity contribution in [1.29, 1.82) is 0 Å². The molecule has 0 bridgehead atoms. The fourth-order valence-electron chi connectivity index (χ4n) is 2.50. The van der Waals surface area contributed by atoms with E-state index in [0.717, 1.165) is 30.0 Å². The molecule has 0 aliphatic rings. The van der Waals surface area contributed by atoms with Gasteiger partial charge in [-0.15, -0.1) is 0 Å². The van der Waals surface area contributed by atoms with Crippen LogP contribution in [0.1, 0.15) is 36.7 Å². The van der Waals surface area contributed by atoms with E-state index < -0.39 is 0 Å². The molecule has 0 fully saturated rings. The number of rotatable bonds is 6. The molecule has 112 valence electrons. The first-order valence-corrected chi connectivity index (χ1v) is 7.59. The van der Waals surface area contributed by atoms with Crippen LogP contribution in [0.25, 0.3) is 0 Å². The summed E-state index contributed by atoms with van der Waals surface area (Å²) in [6.07, 6.45) is 2.77. The second kappa shape index (κ2) is 7.43. The average Bonchev–Trinajstić information content (AvgIpc) is 2.52. The highest BCUT2D eigenvalue weighted by Gasteiger charge is 2.21. The molecule has 1 aromatic carbocycles. The molecule has 0 saturated carbocycles. The number of hydrogen-bond donors (Lipinski definition) is 1. The SMILES string of the molecule is CCNC(c1cc(Cl)ccc1OC)c1ncccc1CC. The van der Waals surface area contributed by atoms with E-state index in [0.29, 0.717) is 5.02 Å². The summed E-state index contributed by atoms with van der Waals surface area (Å²) in [6.45, 7) is 5.05. The van der Waals surface area contributed by atoms with Gasteiger partial charge in [-0.25, -0.2) is 0 Å². The van der Waals surface area contributed by atoms with Crippen molar-refractivity contribution in [2.45, 2.75) is 26.3 Å². The van der Waals surface area contributed by atoms with Gasteiger partial charge in [-0.05, 0) is 42.8 Å². The Morgan fingerprint density at radius 2 is 2.10 bits per heavy atom. The maximum atomic E-state index is 6.18. The van der Waals surface area contributed by atoms with Gasteiger partial charge in [0.2, 0.25) is 0 Å². The van der Waals surface area contributed by atoms with E-state index in [9.17, 15) is 0 Å². The minimum atomic E-state index is -0.0280. The molecule has 0 aliphatic heterocycles. The van der Waals surface area contributed by atoms with E-state index in [1.165, 1.54) is 5.56 Å². The first kappa shape index (κ1) is 15.8. The number of nitrogens with zero attached hydrogens (tertiary/aromatic N) is 1. The zero-order chi connectivity index (χ0) is 15.2. The molecule has 0 amide bonds. The first-order valence-electron chi connectivity index (χ1n) is 7.21. The van der Waals surface area contributed by atoms with Crippen molar-refractivity contribution in [3.05, 3.63) is 58.4 Å². The topological polar surface area (TPSA) is 34.1 Å². The van der Waals surface area contributed by atoms with E-state index >= 15 is 0 Å². The van der Waals surface area contributed by atoms with E-state index in [2.05, 4.69) is 30.2 Å². The monoisotopic (exact) mass is 304 g/mol. The normalized spacial score (nSPS) is 12.2. The van der Waals surface area contributed by atoms with E-state index in [4.69, 9.17) is 16.3 Å². The number of aromatic nitrogens is 1. The predicted octanol–water partition coefficient (Wildman–Crippen LogP) is 4.00. The summed E-state index contributed by atoms with van der Waals surface area (Å²) in [5.41, 5.74) is 3.27. The molecule has 1 atom stereocenters. The maximum Gasteiger partial charge on any atom is 0.124 e. The molecule has 0 spiro atoms. The number of pyridine rings is 1. The molecule has 1 N–H and O–H groups in total. The lowest BCUT2D eigenvalue weighted by Crippen LogP contribution is -2.24. The number of ether oxygens (including phenoxy) is 1. The molecule has 2 aromatic rings. The Labute approximate surface area is 131 Å². The van der Waals surface area contributed by atoms with Crippen LogP contribution in [-0.4, -0.2) is 18.6 Å². The first-order chi connectivity index (χ1) is 10.2. The Morgan fingerprint density at radius 1 is 1.29 bits per heavy atom. The third-order valence-corrected chi connectivity index (χ3v) is 3.73. The van der Waals surface area contributed by atoms with Crippen molar-refractivity contribution in [3.8, 4) is 5.75 Å². The molecule has 2 rings (SSSR count). The molecular weight excluding hydrogens is 284 g/mol. The number of halogens is 1. The Hall–Kier alpha value is -1.58. The molecule has 1 unspecified atom stereocenters. The van der Waals surface area contributed by atoms with Crippen LogP contribution in [-0.2, 0) is 6.42 Å². The van der Waals surface area contributed by atoms with Crippen molar-refractivity contribution in [2.24, 2.45) is 0 Å². The lowest BCUT2D eigenvalue weighted by atomic mass is 9.97. The molecule has 0 radical (unpaired) electrons. The van der Waals surface area contributed by atoms with Crippen molar-refractivity contribution in [2.75, 3.05) is 13.7 Å². The molecular formula is C17H21ClN2O. The van der Waals surface area contributed by atoms with Crippen molar-refractivity contribution in [3.63, 3.8) is 0 Å². The van der Waals surface area contributed by atoms with Gasteiger partial charge >= 0.3 is 0 Å². The van der Waals surface area contributed by atoms with Gasteiger partial charge < -0.3 is 10.1 Å². The lowest BCUT2D eigenvalue weighted by molar-refractivity contribution is 0.403. The highest BCUT2D eigenvalue weighted by molar-refractivity contribution is 6.30. The fourth-order valence-corrected chi connectivity index (χ4v) is 2.68. The minimum Gasteiger partial charge on any atom is -0.496 e. The molecule has 1 aromatic heterocycles. The summed E-state index contributed by atoms with van der Waals surface area (Å²) in [5, 5.41) is 4.19. The van der Waals surface area contributed by atoms with E-state index in [-0.39, 0.29) is 6.04 Å². The lowest BCUT2D eigenvalue weighted by Gasteiger charge is -2.22. The van der Waals surface area contributed by atoms with Crippen LogP contribution in [0.2, 0.25) is 5.02 Å². The highest BCUT2D eigenvalue weighted by Crippen LogP contribution is 2.32. The second-order valence-corrected chi connectivity index (χ2v) is 5.21. The van der Waals surface area contributed by atoms with Crippen LogP contribution >= 0.6 is 11.6 Å². The number of nitrogens with one attached hydrogen (secondary N) is 1. The van der Waals surface area contributed by atoms with Gasteiger partial charge in [0, 0.05) is 16.8 Å². The van der Waals surface area contributed by atoms with Gasteiger partial charge in [0.1, 0.15) is 5.75 Å². The third-order valence-electron chi connectivity index (χ3n) is 3.49. The second-order valence-electron chi connectivity index (χ2n) is 4.78. The van der Waals surface area contributed by atoms with Gasteiger partial charge in [0.25, 0.3) is 0 Å². The zero-order valence-electron chi connectivity index (χ0n) is 12.7. The van der Waals surface area contributed by atoms with Gasteiger partial charge in [-0.1, -0.05) is 31.5 Å². The fraction of sp³-hybridized carbons (Fsp3) is 0.353. The van der Waals surface area contributed by atoms with Crippen molar-refractivity contribution < 1.29 is 4.74 Å². The number of aryl methyl sites for hydroxylation is 1. The van der Waals surface area contributed by atoms with E-state index in [1.54, 1.807) is 7.11 Å². The van der Waals surface area contributed by atoms with E-state index in [1.807, 2.05) is 30.5 Å². The van der Waals surface area contributed by atoms with Crippen molar-refractivity contribution in [1.82, 2.24) is 10.3 Å². The number of methoxy groups -OCH3 is 1. The van der Waals surface area contributed by atoms with Gasteiger partial charge in [0.15, 0.2) is 0 Å². The van der Waals surface area contributed by atoms with Crippen LogP contribution in [0.15, 0.2) is 36.5 Å². The smallest absolute Gasteiger partial charge is 0.124 e. The summed E-state index contributed by atoms with van der Waals surface area (Å²) in [7, 11) is 1.68. The standard InChI is InChI=1S/C17H21ClN2O/c1-4-12-7-6-10-20-16(12)17(19-5-2)14-11-13(18)8-9-15(14)21-3/h6-11,17,19H,4-5H2,1-3H3.